The van der Waals surface area contributed by atoms with Crippen LogP contribution < -0.4 is 0 Å². The lowest BCUT2D eigenvalue weighted by molar-refractivity contribution is 0.173. The number of benzene rings is 3. The maximum absolute atomic E-state index is 14.3. The summed E-state index contributed by atoms with van der Waals surface area (Å²) in [6, 6.07) is 16.5. The van der Waals surface area contributed by atoms with Crippen LogP contribution in [0, 0.1) is 20.8 Å². The van der Waals surface area contributed by atoms with Gasteiger partial charge in [-0.05, 0) is 57.2 Å². The topological polar surface area (TPSA) is 146 Å². The lowest BCUT2D eigenvalue weighted by Gasteiger charge is -2.38. The Hall–Kier alpha value is -2.61. The van der Waals surface area contributed by atoms with Crippen LogP contribution in [0.1, 0.15) is 16.7 Å². The van der Waals surface area contributed by atoms with Gasteiger partial charge < -0.3 is 10.2 Å². The summed E-state index contributed by atoms with van der Waals surface area (Å²) >= 11 is 0. The van der Waals surface area contributed by atoms with Crippen molar-refractivity contribution in [1.82, 2.24) is 4.31 Å². The molecule has 9 nitrogen and oxygen atoms in total. The fourth-order valence-electron chi connectivity index (χ4n) is 4.79. The quantitative estimate of drug-likeness (QED) is 0.432. The van der Waals surface area contributed by atoms with E-state index in [0.717, 1.165) is 11.1 Å². The summed E-state index contributed by atoms with van der Waals surface area (Å²) in [5.41, 5.74) is 2.19. The standard InChI is InChI=1S/C26H29NO8S3/c1-18-4-10-21(11-5-18)36(30,31)25-24(29)16-27(38(34,35)23-14-8-20(3)9-15-23)26(25,17-28)37(32,33)22-12-6-19(2)7-13-22/h4-15,24-25,28-29H,16-17H2,1-3H3. The summed E-state index contributed by atoms with van der Waals surface area (Å²) in [7, 11) is -14.4. The highest BCUT2D eigenvalue weighted by Crippen LogP contribution is 2.46. The molecule has 4 rings (SSSR count). The van der Waals surface area contributed by atoms with E-state index in [1.54, 1.807) is 20.8 Å². The Morgan fingerprint density at radius 2 is 1.11 bits per heavy atom. The van der Waals surface area contributed by atoms with Crippen molar-refractivity contribution in [3.63, 3.8) is 0 Å². The molecule has 3 unspecified atom stereocenters. The second kappa shape index (κ2) is 9.85. The predicted octanol–water partition coefficient (Wildman–Crippen LogP) is 1.98. The van der Waals surface area contributed by atoms with E-state index < -0.39 is 59.1 Å². The van der Waals surface area contributed by atoms with E-state index in [0.29, 0.717) is 9.87 Å². The smallest absolute Gasteiger partial charge is 0.244 e. The molecule has 1 heterocycles. The highest BCUT2D eigenvalue weighted by Gasteiger charge is 2.69. The molecular weight excluding hydrogens is 550 g/mol. The molecule has 0 aromatic heterocycles. The molecule has 3 atom stereocenters. The predicted molar refractivity (Wildman–Crippen MR) is 141 cm³/mol. The summed E-state index contributed by atoms with van der Waals surface area (Å²) in [6.45, 7) is 2.91. The monoisotopic (exact) mass is 579 g/mol. The van der Waals surface area contributed by atoms with E-state index in [2.05, 4.69) is 0 Å². The number of nitrogens with zero attached hydrogens (tertiary/aromatic N) is 1. The Bertz CT molecular complexity index is 1650. The first kappa shape index (κ1) is 28.4. The van der Waals surface area contributed by atoms with Gasteiger partial charge in [-0.15, -0.1) is 0 Å². The number of β-amino-alcohol motifs (C(OH)–C–C–N with tert-alkyl or cyclic N) is 1. The largest absolute Gasteiger partial charge is 0.393 e. The number of hydrogen-bond acceptors (Lipinski definition) is 8. The van der Waals surface area contributed by atoms with Gasteiger partial charge in [-0.25, -0.2) is 25.3 Å². The van der Waals surface area contributed by atoms with Crippen LogP contribution in [0.25, 0.3) is 0 Å². The van der Waals surface area contributed by atoms with Crippen molar-refractivity contribution in [1.29, 1.82) is 0 Å². The summed E-state index contributed by atoms with van der Waals surface area (Å²) < 4.78 is 84.7. The lowest BCUT2D eigenvalue weighted by Crippen LogP contribution is -2.63. The third-order valence-corrected chi connectivity index (χ3v) is 13.8. The van der Waals surface area contributed by atoms with Crippen LogP contribution in [-0.4, -0.2) is 69.1 Å². The van der Waals surface area contributed by atoms with Gasteiger partial charge in [0.15, 0.2) is 14.7 Å². The molecule has 0 amide bonds. The number of sulfonamides is 1. The minimum Gasteiger partial charge on any atom is -0.393 e. The van der Waals surface area contributed by atoms with Crippen LogP contribution in [0.2, 0.25) is 0 Å². The van der Waals surface area contributed by atoms with E-state index in [9.17, 15) is 35.5 Å². The van der Waals surface area contributed by atoms with Gasteiger partial charge in [-0.1, -0.05) is 53.1 Å². The number of aliphatic hydroxyl groups excluding tert-OH is 2. The van der Waals surface area contributed by atoms with Gasteiger partial charge >= 0.3 is 0 Å². The van der Waals surface area contributed by atoms with E-state index in [4.69, 9.17) is 0 Å². The molecule has 12 heteroatoms. The molecule has 3 aromatic carbocycles. The van der Waals surface area contributed by atoms with Crippen molar-refractivity contribution in [2.45, 2.75) is 51.7 Å². The third kappa shape index (κ3) is 4.38. The molecule has 1 saturated heterocycles. The number of rotatable bonds is 7. The zero-order chi connectivity index (χ0) is 28.1. The van der Waals surface area contributed by atoms with Gasteiger partial charge in [0.05, 0.1) is 27.4 Å². The van der Waals surface area contributed by atoms with Crippen molar-refractivity contribution < 1.29 is 35.5 Å². The van der Waals surface area contributed by atoms with Crippen LogP contribution in [0.15, 0.2) is 87.5 Å². The Morgan fingerprint density at radius 3 is 1.53 bits per heavy atom. The second-order valence-corrected chi connectivity index (χ2v) is 15.6. The van der Waals surface area contributed by atoms with E-state index in [1.807, 2.05) is 0 Å². The highest BCUT2D eigenvalue weighted by atomic mass is 32.2. The Morgan fingerprint density at radius 1 is 0.711 bits per heavy atom. The molecule has 1 aliphatic rings. The minimum atomic E-state index is -4.94. The molecule has 0 spiro atoms. The molecule has 0 radical (unpaired) electrons. The van der Waals surface area contributed by atoms with Crippen LogP contribution in [0.5, 0.6) is 0 Å². The summed E-state index contributed by atoms with van der Waals surface area (Å²) in [5, 5.41) is 19.7. The van der Waals surface area contributed by atoms with Crippen molar-refractivity contribution in [2.24, 2.45) is 0 Å². The van der Waals surface area contributed by atoms with Gasteiger partial charge in [0, 0.05) is 6.54 Å². The summed E-state index contributed by atoms with van der Waals surface area (Å²) in [6.07, 6.45) is -1.96. The van der Waals surface area contributed by atoms with Crippen molar-refractivity contribution in [3.05, 3.63) is 89.5 Å². The molecule has 0 aliphatic carbocycles. The average molecular weight is 580 g/mol. The second-order valence-electron chi connectivity index (χ2n) is 9.51. The normalized spacial score (nSPS) is 23.0. The van der Waals surface area contributed by atoms with Gasteiger partial charge in [0.1, 0.15) is 5.25 Å². The number of sulfone groups is 2. The fraction of sp³-hybridized carbons (Fsp3) is 0.308. The SMILES string of the molecule is Cc1ccc(S(=O)(=O)C2C(O)CN(S(=O)(=O)c3ccc(C)cc3)C2(CO)S(=O)(=O)c2ccc(C)cc2)cc1. The molecule has 3 aromatic rings. The number of hydrogen-bond donors (Lipinski definition) is 2. The molecule has 0 bridgehead atoms. The van der Waals surface area contributed by atoms with Crippen molar-refractivity contribution >= 4 is 29.7 Å². The Kier molecular flexibility index (Phi) is 7.36. The first-order valence-electron chi connectivity index (χ1n) is 11.7. The molecule has 0 saturated carbocycles. The van der Waals surface area contributed by atoms with Crippen LogP contribution in [0.4, 0.5) is 0 Å². The summed E-state index contributed by atoms with van der Waals surface area (Å²) in [5.74, 6) is 0. The molecule has 2 N–H and O–H groups in total. The first-order valence-corrected chi connectivity index (χ1v) is 16.2. The molecular formula is C26H29NO8S3. The Balaban J connectivity index is 2.05. The van der Waals surface area contributed by atoms with Gasteiger partial charge in [0.25, 0.3) is 0 Å². The van der Waals surface area contributed by atoms with E-state index >= 15 is 0 Å². The molecule has 38 heavy (non-hydrogen) atoms. The highest BCUT2D eigenvalue weighted by molar-refractivity contribution is 7.98. The van der Waals surface area contributed by atoms with Crippen LogP contribution in [-0.2, 0) is 29.7 Å². The van der Waals surface area contributed by atoms with Crippen molar-refractivity contribution in [2.75, 3.05) is 13.2 Å². The third-order valence-electron chi connectivity index (χ3n) is 6.89. The van der Waals surface area contributed by atoms with Gasteiger partial charge in [-0.3, -0.25) is 0 Å². The summed E-state index contributed by atoms with van der Waals surface area (Å²) in [4.78, 5) is -3.96. The maximum Gasteiger partial charge on any atom is 0.244 e. The van der Waals surface area contributed by atoms with Crippen LogP contribution >= 0.6 is 0 Å². The number of aryl methyl sites for hydroxylation is 3. The zero-order valence-corrected chi connectivity index (χ0v) is 23.5. The minimum absolute atomic E-state index is 0.305. The molecule has 1 fully saturated rings. The van der Waals surface area contributed by atoms with Gasteiger partial charge in [0.2, 0.25) is 19.9 Å². The number of aliphatic hydroxyl groups is 2. The Labute approximate surface area is 223 Å². The zero-order valence-electron chi connectivity index (χ0n) is 21.0. The van der Waals surface area contributed by atoms with Gasteiger partial charge in [-0.2, -0.15) is 4.31 Å². The molecule has 204 valence electrons. The lowest BCUT2D eigenvalue weighted by atomic mass is 10.2. The molecule has 1 aliphatic heterocycles. The van der Waals surface area contributed by atoms with E-state index in [-0.39, 0.29) is 14.7 Å². The van der Waals surface area contributed by atoms with Crippen molar-refractivity contribution in [3.8, 4) is 0 Å². The fourth-order valence-corrected chi connectivity index (χ4v) is 11.7. The maximum atomic E-state index is 14.3. The van der Waals surface area contributed by atoms with E-state index in [1.165, 1.54) is 72.8 Å². The average Bonchev–Trinajstić information content (AvgIpc) is 3.20. The first-order chi connectivity index (χ1) is 17.7. The van der Waals surface area contributed by atoms with Crippen LogP contribution in [0.3, 0.4) is 0 Å².